The van der Waals surface area contributed by atoms with Crippen molar-refractivity contribution >= 4 is 29.1 Å². The second-order valence-corrected chi connectivity index (χ2v) is 10.4. The molecule has 208 valence electrons. The van der Waals surface area contributed by atoms with E-state index in [9.17, 15) is 0 Å². The summed E-state index contributed by atoms with van der Waals surface area (Å²) in [6.45, 7) is 5.93. The van der Waals surface area contributed by atoms with Crippen LogP contribution in [0.1, 0.15) is 56.5 Å². The number of benzene rings is 1. The lowest BCUT2D eigenvalue weighted by molar-refractivity contribution is 0.143. The van der Waals surface area contributed by atoms with Gasteiger partial charge in [-0.1, -0.05) is 19.1 Å². The zero-order chi connectivity index (χ0) is 28.6. The summed E-state index contributed by atoms with van der Waals surface area (Å²) >= 11 is 0. The fourth-order valence-corrected chi connectivity index (χ4v) is 5.01. The molecule has 1 saturated carbocycles. The first-order chi connectivity index (χ1) is 19.2. The fraction of sp³-hybridized carbons (Fsp3) is 0.367. The van der Waals surface area contributed by atoms with Gasteiger partial charge in [-0.15, -0.1) is 0 Å². The molecule has 1 aliphatic carbocycles. The van der Waals surface area contributed by atoms with Crippen LogP contribution in [-0.4, -0.2) is 49.9 Å². The molecule has 40 heavy (non-hydrogen) atoms. The summed E-state index contributed by atoms with van der Waals surface area (Å²) < 4.78 is 9.69. The van der Waals surface area contributed by atoms with Gasteiger partial charge in [0.2, 0.25) is 5.88 Å². The van der Waals surface area contributed by atoms with E-state index in [1.807, 2.05) is 45.3 Å². The monoisotopic (exact) mass is 539 g/mol. The van der Waals surface area contributed by atoms with Gasteiger partial charge in [-0.05, 0) is 45.2 Å². The maximum absolute atomic E-state index is 6.53. The molecule has 10 nitrogen and oxygen atoms in total. The molecular formula is C30H37N9O. The van der Waals surface area contributed by atoms with E-state index in [0.29, 0.717) is 17.3 Å². The summed E-state index contributed by atoms with van der Waals surface area (Å²) in [7, 11) is 5.67. The van der Waals surface area contributed by atoms with E-state index in [1.165, 1.54) is 5.69 Å². The number of allylic oxidation sites excluding steroid dienone is 1. The number of nitrogens with zero attached hydrogens (tertiary/aromatic N) is 7. The number of fused-ring (bicyclic) bond motifs is 1. The van der Waals surface area contributed by atoms with Crippen molar-refractivity contribution < 1.29 is 4.74 Å². The summed E-state index contributed by atoms with van der Waals surface area (Å²) in [6.07, 6.45) is 8.23. The molecule has 0 saturated heterocycles. The lowest BCUT2D eigenvalue weighted by atomic mass is 10.0. The van der Waals surface area contributed by atoms with Crippen LogP contribution in [0.4, 0.5) is 5.69 Å². The number of anilines is 1. The van der Waals surface area contributed by atoms with Gasteiger partial charge in [-0.25, -0.2) is 15.0 Å². The maximum Gasteiger partial charge on any atom is 0.212 e. The number of hydrogen-bond donors (Lipinski definition) is 2. The molecule has 0 spiro atoms. The highest BCUT2D eigenvalue weighted by Gasteiger charge is 2.33. The van der Waals surface area contributed by atoms with Crippen LogP contribution < -0.4 is 11.5 Å². The van der Waals surface area contributed by atoms with Crippen LogP contribution in [0.15, 0.2) is 52.0 Å². The van der Waals surface area contributed by atoms with Crippen molar-refractivity contribution in [2.75, 3.05) is 12.8 Å². The van der Waals surface area contributed by atoms with Gasteiger partial charge in [0.05, 0.1) is 23.7 Å². The van der Waals surface area contributed by atoms with Crippen molar-refractivity contribution in [2.24, 2.45) is 29.8 Å². The van der Waals surface area contributed by atoms with Crippen molar-refractivity contribution in [1.29, 1.82) is 0 Å². The molecular weight excluding hydrogens is 502 g/mol. The Kier molecular flexibility index (Phi) is 7.42. The van der Waals surface area contributed by atoms with E-state index in [1.54, 1.807) is 24.2 Å². The third-order valence-corrected chi connectivity index (χ3v) is 6.96. The number of nitrogens with two attached hydrogens (primary N) is 2. The maximum atomic E-state index is 6.53. The first-order valence-corrected chi connectivity index (χ1v) is 13.6. The quantitative estimate of drug-likeness (QED) is 0.179. The minimum atomic E-state index is -0.0887. The Morgan fingerprint density at radius 3 is 2.65 bits per heavy atom. The van der Waals surface area contributed by atoms with Crippen LogP contribution in [-0.2, 0) is 25.3 Å². The van der Waals surface area contributed by atoms with Gasteiger partial charge in [0.25, 0.3) is 0 Å². The Hall–Kier alpha value is -4.47. The summed E-state index contributed by atoms with van der Waals surface area (Å²) in [5.41, 5.74) is 20.2. The van der Waals surface area contributed by atoms with Crippen LogP contribution >= 0.6 is 0 Å². The lowest BCUT2D eigenvalue weighted by Gasteiger charge is -2.12. The number of aromatic nitrogens is 5. The second-order valence-electron chi connectivity index (χ2n) is 10.4. The van der Waals surface area contributed by atoms with Gasteiger partial charge in [-0.2, -0.15) is 5.10 Å². The van der Waals surface area contributed by atoms with Gasteiger partial charge in [0, 0.05) is 72.9 Å². The van der Waals surface area contributed by atoms with Crippen molar-refractivity contribution in [1.82, 2.24) is 24.3 Å². The van der Waals surface area contributed by atoms with Gasteiger partial charge in [0.15, 0.2) is 5.65 Å². The molecule has 4 N–H and O–H groups in total. The lowest BCUT2D eigenvalue weighted by Crippen LogP contribution is -2.12. The van der Waals surface area contributed by atoms with Crippen LogP contribution in [0.2, 0.25) is 0 Å². The fourth-order valence-electron chi connectivity index (χ4n) is 5.01. The minimum Gasteiger partial charge on any atom is -0.475 e. The molecule has 0 aliphatic heterocycles. The van der Waals surface area contributed by atoms with Gasteiger partial charge >= 0.3 is 0 Å². The highest BCUT2D eigenvalue weighted by molar-refractivity contribution is 5.98. The molecule has 0 amide bonds. The van der Waals surface area contributed by atoms with Gasteiger partial charge in [0.1, 0.15) is 11.5 Å². The predicted octanol–water partition coefficient (Wildman–Crippen LogP) is 4.73. The molecule has 1 fully saturated rings. The molecule has 3 heterocycles. The number of aliphatic imine (C=N–C) groups is 2. The summed E-state index contributed by atoms with van der Waals surface area (Å²) in [4.78, 5) is 18.9. The molecule has 5 rings (SSSR count). The Morgan fingerprint density at radius 2 is 1.98 bits per heavy atom. The molecule has 0 atom stereocenters. The Labute approximate surface area is 234 Å². The molecule has 0 radical (unpaired) electrons. The summed E-state index contributed by atoms with van der Waals surface area (Å²) in [6, 6.07) is 8.02. The SMILES string of the molecule is CCc1nc2nn(C)cc2cc1-c1nc(-c2cccc(N)c2C=N/C(C=NC)=C(/N)OC(C)C)c(C2CC2)n1C. The third-order valence-electron chi connectivity index (χ3n) is 6.96. The molecule has 0 unspecified atom stereocenters. The van der Waals surface area contributed by atoms with Crippen molar-refractivity contribution in [3.8, 4) is 22.6 Å². The number of hydrogen-bond acceptors (Lipinski definition) is 8. The topological polar surface area (TPSA) is 135 Å². The Bertz CT molecular complexity index is 1650. The number of aryl methyl sites for hydroxylation is 2. The van der Waals surface area contributed by atoms with Crippen LogP contribution in [0.5, 0.6) is 0 Å². The molecule has 1 aliphatic rings. The summed E-state index contributed by atoms with van der Waals surface area (Å²) in [5, 5.41) is 5.49. The van der Waals surface area contributed by atoms with E-state index in [-0.39, 0.29) is 12.0 Å². The van der Waals surface area contributed by atoms with E-state index < -0.39 is 0 Å². The zero-order valence-corrected chi connectivity index (χ0v) is 24.0. The highest BCUT2D eigenvalue weighted by atomic mass is 16.5. The number of rotatable bonds is 9. The average molecular weight is 540 g/mol. The Balaban J connectivity index is 1.67. The standard InChI is InChI=1S/C30H37N9O/c1-7-24-21(13-19-16-38(5)37-29(19)35-24)30-36-26(27(39(30)6)18-11-12-18)20-9-8-10-23(31)22(20)14-34-25(15-33-4)28(32)40-17(2)3/h8-10,13-18H,7,11-12,31-32H2,1-6H3/b28-25-,33-15?,34-14?. The average Bonchev–Trinajstić information content (AvgIpc) is 3.59. The van der Waals surface area contributed by atoms with E-state index >= 15 is 0 Å². The van der Waals surface area contributed by atoms with Gasteiger partial charge < -0.3 is 20.8 Å². The highest BCUT2D eigenvalue weighted by Crippen LogP contribution is 2.46. The van der Waals surface area contributed by atoms with E-state index in [0.717, 1.165) is 64.2 Å². The van der Waals surface area contributed by atoms with Crippen molar-refractivity contribution in [3.63, 3.8) is 0 Å². The van der Waals surface area contributed by atoms with E-state index in [4.69, 9.17) is 26.2 Å². The van der Waals surface area contributed by atoms with Crippen molar-refractivity contribution in [3.05, 3.63) is 59.0 Å². The van der Waals surface area contributed by atoms with Gasteiger partial charge in [-0.3, -0.25) is 9.67 Å². The minimum absolute atomic E-state index is 0.0887. The largest absolute Gasteiger partial charge is 0.475 e. The van der Waals surface area contributed by atoms with Crippen LogP contribution in [0.3, 0.4) is 0 Å². The molecule has 0 bridgehead atoms. The third kappa shape index (κ3) is 5.21. The first-order valence-electron chi connectivity index (χ1n) is 13.6. The van der Waals surface area contributed by atoms with Crippen LogP contribution in [0.25, 0.3) is 33.7 Å². The van der Waals surface area contributed by atoms with E-state index in [2.05, 4.69) is 39.7 Å². The molecule has 4 aromatic rings. The van der Waals surface area contributed by atoms with Crippen LogP contribution in [0, 0.1) is 0 Å². The zero-order valence-electron chi connectivity index (χ0n) is 24.0. The second kappa shape index (κ2) is 11.0. The molecule has 3 aromatic heterocycles. The molecule has 1 aromatic carbocycles. The smallest absolute Gasteiger partial charge is 0.212 e. The number of imidazole rings is 1. The number of nitrogen functional groups attached to an aromatic ring is 1. The summed E-state index contributed by atoms with van der Waals surface area (Å²) in [5.74, 6) is 1.52. The predicted molar refractivity (Wildman–Crippen MR) is 161 cm³/mol. The van der Waals surface area contributed by atoms with Crippen molar-refractivity contribution in [2.45, 2.75) is 52.1 Å². The molecule has 10 heteroatoms. The normalized spacial score (nSPS) is 14.7. The first kappa shape index (κ1) is 27.1. The Morgan fingerprint density at radius 1 is 1.20 bits per heavy atom. The number of pyridine rings is 1. The number of ether oxygens (including phenoxy) is 1.